The molecule has 1 rings (SSSR count). The number of guanidine groups is 1. The number of aliphatic imine (C=N–C) groups is 1. The van der Waals surface area contributed by atoms with E-state index < -0.39 is 5.60 Å². The fourth-order valence-corrected chi connectivity index (χ4v) is 2.81. The molecule has 0 aliphatic carbocycles. The Balaban J connectivity index is 0.00000729. The summed E-state index contributed by atoms with van der Waals surface area (Å²) in [5, 5.41) is 6.64. The minimum absolute atomic E-state index is 0. The predicted molar refractivity (Wildman–Crippen MR) is 123 cm³/mol. The molecule has 9 heteroatoms. The van der Waals surface area contributed by atoms with Crippen LogP contribution in [0.2, 0.25) is 0 Å². The highest BCUT2D eigenvalue weighted by Crippen LogP contribution is 2.18. The summed E-state index contributed by atoms with van der Waals surface area (Å²) in [5.74, 6) is 1.17. The maximum atomic E-state index is 12.2. The number of halogens is 1. The number of likely N-dealkylation sites (tertiary alicyclic amines) is 1. The number of rotatable bonds is 9. The zero-order valence-electron chi connectivity index (χ0n) is 18.1. The first-order valence-electron chi connectivity index (χ1n) is 9.85. The Labute approximate surface area is 187 Å². The molecule has 1 aliphatic heterocycles. The van der Waals surface area contributed by atoms with Crippen molar-refractivity contribution in [2.45, 2.75) is 45.6 Å². The molecule has 0 aromatic carbocycles. The van der Waals surface area contributed by atoms with Gasteiger partial charge in [-0.05, 0) is 46.0 Å². The summed E-state index contributed by atoms with van der Waals surface area (Å²) in [6, 6.07) is 0. The average Bonchev–Trinajstić information content (AvgIpc) is 2.62. The molecule has 2 N–H and O–H groups in total. The maximum Gasteiger partial charge on any atom is 0.410 e. The fraction of sp³-hybridized carbons (Fsp3) is 0.895. The molecule has 1 heterocycles. The number of piperidine rings is 1. The van der Waals surface area contributed by atoms with Gasteiger partial charge in [-0.1, -0.05) is 0 Å². The van der Waals surface area contributed by atoms with E-state index in [1.165, 1.54) is 0 Å². The van der Waals surface area contributed by atoms with Crippen molar-refractivity contribution < 1.29 is 19.0 Å². The van der Waals surface area contributed by atoms with Crippen molar-refractivity contribution in [1.29, 1.82) is 0 Å². The van der Waals surface area contributed by atoms with Crippen molar-refractivity contribution in [2.24, 2.45) is 10.9 Å². The molecule has 1 unspecified atom stereocenters. The van der Waals surface area contributed by atoms with Crippen molar-refractivity contribution in [1.82, 2.24) is 15.5 Å². The molecule has 1 aliphatic rings. The van der Waals surface area contributed by atoms with Crippen molar-refractivity contribution in [3.05, 3.63) is 0 Å². The van der Waals surface area contributed by atoms with Crippen molar-refractivity contribution in [3.63, 3.8) is 0 Å². The summed E-state index contributed by atoms with van der Waals surface area (Å²) < 4.78 is 15.9. The van der Waals surface area contributed by atoms with Gasteiger partial charge < -0.3 is 29.7 Å². The molecule has 0 aromatic heterocycles. The Hall–Kier alpha value is -0.810. The topological polar surface area (TPSA) is 84.4 Å². The highest BCUT2D eigenvalue weighted by Gasteiger charge is 2.27. The Morgan fingerprint density at radius 1 is 1.21 bits per heavy atom. The van der Waals surface area contributed by atoms with Gasteiger partial charge in [0.2, 0.25) is 0 Å². The zero-order valence-corrected chi connectivity index (χ0v) is 20.4. The molecule has 0 aromatic rings. The van der Waals surface area contributed by atoms with Crippen LogP contribution in [-0.2, 0) is 14.2 Å². The van der Waals surface area contributed by atoms with E-state index >= 15 is 0 Å². The van der Waals surface area contributed by atoms with Gasteiger partial charge in [0.05, 0.1) is 13.2 Å². The third-order valence-electron chi connectivity index (χ3n) is 4.14. The van der Waals surface area contributed by atoms with Gasteiger partial charge in [0.25, 0.3) is 0 Å². The number of hydrogen-bond acceptors (Lipinski definition) is 5. The van der Waals surface area contributed by atoms with E-state index in [0.29, 0.717) is 32.3 Å². The number of amides is 1. The van der Waals surface area contributed by atoms with E-state index in [0.717, 1.165) is 44.9 Å². The number of carbonyl (C=O) groups is 1. The molecule has 0 spiro atoms. The Kier molecular flexibility index (Phi) is 14.6. The molecule has 1 amide bonds. The summed E-state index contributed by atoms with van der Waals surface area (Å²) >= 11 is 0. The summed E-state index contributed by atoms with van der Waals surface area (Å²) in [4.78, 5) is 18.3. The Bertz CT molecular complexity index is 458. The number of ether oxygens (including phenoxy) is 3. The first-order chi connectivity index (χ1) is 12.9. The molecule has 28 heavy (non-hydrogen) atoms. The van der Waals surface area contributed by atoms with Gasteiger partial charge >= 0.3 is 6.09 Å². The predicted octanol–water partition coefficient (Wildman–Crippen LogP) is 2.47. The minimum Gasteiger partial charge on any atom is -0.444 e. The third-order valence-corrected chi connectivity index (χ3v) is 4.14. The molecule has 0 saturated carbocycles. The zero-order chi connectivity index (χ0) is 20.1. The fourth-order valence-electron chi connectivity index (χ4n) is 2.81. The third kappa shape index (κ3) is 12.6. The first-order valence-corrected chi connectivity index (χ1v) is 9.85. The van der Waals surface area contributed by atoms with E-state index in [4.69, 9.17) is 14.2 Å². The largest absolute Gasteiger partial charge is 0.444 e. The van der Waals surface area contributed by atoms with E-state index in [9.17, 15) is 4.79 Å². The second-order valence-corrected chi connectivity index (χ2v) is 7.77. The smallest absolute Gasteiger partial charge is 0.410 e. The van der Waals surface area contributed by atoms with Crippen LogP contribution in [0.5, 0.6) is 0 Å². The van der Waals surface area contributed by atoms with Gasteiger partial charge in [-0.3, -0.25) is 4.99 Å². The van der Waals surface area contributed by atoms with Crippen LogP contribution in [0.1, 0.15) is 40.0 Å². The van der Waals surface area contributed by atoms with E-state index in [1.807, 2.05) is 25.7 Å². The monoisotopic (exact) mass is 514 g/mol. The van der Waals surface area contributed by atoms with E-state index in [2.05, 4.69) is 15.6 Å². The summed E-state index contributed by atoms with van der Waals surface area (Å²) in [7, 11) is 3.43. The minimum atomic E-state index is -0.457. The van der Waals surface area contributed by atoms with Crippen molar-refractivity contribution >= 4 is 36.0 Å². The van der Waals surface area contributed by atoms with Crippen molar-refractivity contribution in [3.8, 4) is 0 Å². The average molecular weight is 514 g/mol. The van der Waals surface area contributed by atoms with E-state index in [-0.39, 0.29) is 30.1 Å². The van der Waals surface area contributed by atoms with E-state index in [1.54, 1.807) is 14.2 Å². The van der Waals surface area contributed by atoms with Crippen LogP contribution in [0, 0.1) is 5.92 Å². The molecule has 1 saturated heterocycles. The molecule has 1 atom stereocenters. The summed E-state index contributed by atoms with van der Waals surface area (Å²) in [6.07, 6.45) is 2.77. The second-order valence-electron chi connectivity index (χ2n) is 7.77. The van der Waals surface area contributed by atoms with Gasteiger partial charge in [0.1, 0.15) is 5.60 Å². The Morgan fingerprint density at radius 3 is 2.61 bits per heavy atom. The van der Waals surface area contributed by atoms with Crippen LogP contribution in [0.15, 0.2) is 4.99 Å². The first kappa shape index (κ1) is 27.2. The number of methoxy groups -OCH3 is 1. The quantitative estimate of drug-likeness (QED) is 0.213. The van der Waals surface area contributed by atoms with Crippen LogP contribution < -0.4 is 10.6 Å². The van der Waals surface area contributed by atoms with Gasteiger partial charge in [-0.25, -0.2) is 4.79 Å². The number of nitrogens with zero attached hydrogens (tertiary/aromatic N) is 2. The highest BCUT2D eigenvalue weighted by molar-refractivity contribution is 14.0. The molecule has 0 radical (unpaired) electrons. The van der Waals surface area contributed by atoms with Gasteiger partial charge in [0, 0.05) is 46.9 Å². The van der Waals surface area contributed by atoms with Crippen LogP contribution in [-0.4, -0.2) is 82.7 Å². The molecule has 1 fully saturated rings. The lowest BCUT2D eigenvalue weighted by Crippen LogP contribution is -2.47. The normalized spacial score (nSPS) is 17.7. The molecule has 8 nitrogen and oxygen atoms in total. The van der Waals surface area contributed by atoms with Crippen LogP contribution in [0.3, 0.4) is 0 Å². The summed E-state index contributed by atoms with van der Waals surface area (Å²) in [5.41, 5.74) is -0.457. The maximum absolute atomic E-state index is 12.2. The SMILES string of the molecule is CN=C(NCCCOCCOC)NCC1CCCN(C(=O)OC(C)(C)C)C1.I. The molecule has 166 valence electrons. The highest BCUT2D eigenvalue weighted by atomic mass is 127. The lowest BCUT2D eigenvalue weighted by Gasteiger charge is -2.34. The lowest BCUT2D eigenvalue weighted by molar-refractivity contribution is 0.0168. The van der Waals surface area contributed by atoms with Crippen molar-refractivity contribution in [2.75, 3.05) is 60.2 Å². The lowest BCUT2D eigenvalue weighted by atomic mass is 9.98. The molecular formula is C19H39IN4O4. The van der Waals surface area contributed by atoms with Gasteiger partial charge in [-0.2, -0.15) is 0 Å². The van der Waals surface area contributed by atoms with Gasteiger partial charge in [0.15, 0.2) is 5.96 Å². The Morgan fingerprint density at radius 2 is 1.96 bits per heavy atom. The number of hydrogen-bond donors (Lipinski definition) is 2. The summed E-state index contributed by atoms with van der Waals surface area (Å²) in [6.45, 7) is 10.7. The number of carbonyl (C=O) groups excluding carboxylic acids is 1. The number of nitrogens with one attached hydrogen (secondary N) is 2. The standard InChI is InChI=1S/C19H38N4O4.HI/c1-19(2,3)27-18(24)23-10-6-8-16(15-23)14-22-17(20-4)21-9-7-11-26-13-12-25-5;/h16H,6-15H2,1-5H3,(H2,20,21,22);1H. The van der Waals surface area contributed by atoms with Crippen LogP contribution in [0.4, 0.5) is 4.79 Å². The molecule has 0 bridgehead atoms. The molecular weight excluding hydrogens is 475 g/mol. The van der Waals surface area contributed by atoms with Crippen LogP contribution >= 0.6 is 24.0 Å². The van der Waals surface area contributed by atoms with Crippen LogP contribution in [0.25, 0.3) is 0 Å². The second kappa shape index (κ2) is 15.1. The van der Waals surface area contributed by atoms with Gasteiger partial charge in [-0.15, -0.1) is 24.0 Å².